The molecular formula is C25H33N3. The lowest BCUT2D eigenvalue weighted by atomic mass is 9.99. The number of nitrogens with zero attached hydrogens (tertiary/aromatic N) is 3. The first-order chi connectivity index (χ1) is 13.8. The van der Waals surface area contributed by atoms with Crippen LogP contribution in [0, 0.1) is 6.92 Å². The Bertz CT molecular complexity index is 923. The van der Waals surface area contributed by atoms with Gasteiger partial charge in [-0.05, 0) is 24.6 Å². The van der Waals surface area contributed by atoms with Gasteiger partial charge in [-0.15, -0.1) is 5.10 Å². The molecule has 0 amide bonds. The third kappa shape index (κ3) is 5.29. The molecule has 0 fully saturated rings. The van der Waals surface area contributed by atoms with Crippen LogP contribution in [0.2, 0.25) is 0 Å². The summed E-state index contributed by atoms with van der Waals surface area (Å²) < 4.78 is 1.71. The zero-order chi connectivity index (χ0) is 20.9. The molecule has 28 heavy (non-hydrogen) atoms. The second kappa shape index (κ2) is 12.4. The van der Waals surface area contributed by atoms with E-state index in [-0.39, 0.29) is 0 Å². The lowest BCUT2D eigenvalue weighted by Crippen LogP contribution is -1.91. The van der Waals surface area contributed by atoms with Gasteiger partial charge in [0.2, 0.25) is 0 Å². The monoisotopic (exact) mass is 375 g/mol. The second-order valence-electron chi connectivity index (χ2n) is 5.35. The molecule has 0 atom stereocenters. The molecule has 0 aliphatic rings. The molecule has 4 rings (SSSR count). The average molecular weight is 376 g/mol. The van der Waals surface area contributed by atoms with Crippen molar-refractivity contribution < 1.29 is 0 Å². The molecule has 3 nitrogen and oxygen atoms in total. The Morgan fingerprint density at radius 1 is 0.643 bits per heavy atom. The smallest absolute Gasteiger partial charge is 0.103 e. The average Bonchev–Trinajstić information content (AvgIpc) is 3.19. The Morgan fingerprint density at radius 3 is 1.86 bits per heavy atom. The third-order valence-electron chi connectivity index (χ3n) is 3.81. The number of benzene rings is 2. The van der Waals surface area contributed by atoms with Crippen molar-refractivity contribution in [2.24, 2.45) is 0 Å². The van der Waals surface area contributed by atoms with Gasteiger partial charge in [-0.3, -0.25) is 0 Å². The van der Waals surface area contributed by atoms with Crippen LogP contribution in [-0.4, -0.2) is 14.8 Å². The number of aryl methyl sites for hydroxylation is 1. The highest BCUT2D eigenvalue weighted by Gasteiger charge is 2.16. The third-order valence-corrected chi connectivity index (χ3v) is 3.81. The SMILES string of the molecule is CC.CC.CC.Cc1ccc(-c2c(-c3ccccc3)nn3ncccc23)cc1. The molecule has 0 saturated heterocycles. The number of rotatable bonds is 2. The molecule has 4 aromatic rings. The Balaban J connectivity index is 0.000000599. The number of fused-ring (bicyclic) bond motifs is 1. The number of aromatic nitrogens is 3. The minimum atomic E-state index is 0.961. The van der Waals surface area contributed by atoms with E-state index in [1.165, 1.54) is 5.56 Å². The molecule has 0 aliphatic carbocycles. The van der Waals surface area contributed by atoms with Crippen LogP contribution in [0.1, 0.15) is 47.1 Å². The number of hydrogen-bond acceptors (Lipinski definition) is 2. The van der Waals surface area contributed by atoms with Gasteiger partial charge < -0.3 is 0 Å². The van der Waals surface area contributed by atoms with E-state index in [1.54, 1.807) is 10.8 Å². The first-order valence-electron chi connectivity index (χ1n) is 10.3. The fraction of sp³-hybridized carbons (Fsp3) is 0.280. The number of hydrogen-bond donors (Lipinski definition) is 0. The van der Waals surface area contributed by atoms with Crippen molar-refractivity contribution in [3.63, 3.8) is 0 Å². The Hall–Kier alpha value is -2.94. The van der Waals surface area contributed by atoms with E-state index in [2.05, 4.69) is 59.6 Å². The molecule has 0 aliphatic heterocycles. The Morgan fingerprint density at radius 2 is 1.25 bits per heavy atom. The Labute approximate surface area is 170 Å². The summed E-state index contributed by atoms with van der Waals surface area (Å²) in [6.45, 7) is 14.1. The van der Waals surface area contributed by atoms with Crippen molar-refractivity contribution in [1.82, 2.24) is 14.8 Å². The Kier molecular flexibility index (Phi) is 10.3. The first-order valence-corrected chi connectivity index (χ1v) is 10.3. The lowest BCUT2D eigenvalue weighted by Gasteiger charge is -2.04. The van der Waals surface area contributed by atoms with Crippen molar-refractivity contribution in [3.05, 3.63) is 78.5 Å². The topological polar surface area (TPSA) is 30.2 Å². The van der Waals surface area contributed by atoms with Gasteiger partial charge >= 0.3 is 0 Å². The molecule has 0 unspecified atom stereocenters. The van der Waals surface area contributed by atoms with E-state index in [9.17, 15) is 0 Å². The van der Waals surface area contributed by atoms with E-state index in [0.717, 1.165) is 27.9 Å². The molecule has 148 valence electrons. The molecule has 2 aromatic heterocycles. The molecular weight excluding hydrogens is 342 g/mol. The largest absolute Gasteiger partial charge is 0.159 e. The van der Waals surface area contributed by atoms with Crippen LogP contribution in [0.3, 0.4) is 0 Å². The highest BCUT2D eigenvalue weighted by Crippen LogP contribution is 2.34. The quantitative estimate of drug-likeness (QED) is 0.364. The summed E-state index contributed by atoms with van der Waals surface area (Å²) in [7, 11) is 0. The van der Waals surface area contributed by atoms with Crippen LogP contribution in [-0.2, 0) is 0 Å². The maximum absolute atomic E-state index is 4.69. The minimum Gasteiger partial charge on any atom is -0.159 e. The van der Waals surface area contributed by atoms with Crippen molar-refractivity contribution in [3.8, 4) is 22.4 Å². The summed E-state index contributed by atoms with van der Waals surface area (Å²) >= 11 is 0. The molecule has 3 heteroatoms. The van der Waals surface area contributed by atoms with E-state index >= 15 is 0 Å². The van der Waals surface area contributed by atoms with Gasteiger partial charge in [-0.25, -0.2) is 0 Å². The van der Waals surface area contributed by atoms with E-state index in [0.29, 0.717) is 0 Å². The zero-order valence-corrected chi connectivity index (χ0v) is 18.3. The summed E-state index contributed by atoms with van der Waals surface area (Å²) in [5.74, 6) is 0. The summed E-state index contributed by atoms with van der Waals surface area (Å²) in [5, 5.41) is 9.02. The van der Waals surface area contributed by atoms with Gasteiger partial charge in [0, 0.05) is 17.3 Å². The van der Waals surface area contributed by atoms with E-state index in [4.69, 9.17) is 0 Å². The highest BCUT2D eigenvalue weighted by molar-refractivity contribution is 5.91. The predicted molar refractivity (Wildman–Crippen MR) is 123 cm³/mol. The molecule has 2 heterocycles. The van der Waals surface area contributed by atoms with Gasteiger partial charge in [0.15, 0.2) is 0 Å². The summed E-state index contributed by atoms with van der Waals surface area (Å²) in [6.07, 6.45) is 1.76. The molecule has 0 N–H and O–H groups in total. The van der Waals surface area contributed by atoms with Crippen LogP contribution < -0.4 is 0 Å². The highest BCUT2D eigenvalue weighted by atomic mass is 15.4. The fourth-order valence-corrected chi connectivity index (χ4v) is 2.70. The van der Waals surface area contributed by atoms with E-state index < -0.39 is 0 Å². The second-order valence-corrected chi connectivity index (χ2v) is 5.35. The summed E-state index contributed by atoms with van der Waals surface area (Å²) in [6, 6.07) is 22.8. The maximum Gasteiger partial charge on any atom is 0.103 e. The molecule has 0 bridgehead atoms. The van der Waals surface area contributed by atoms with E-state index in [1.807, 2.05) is 65.8 Å². The van der Waals surface area contributed by atoms with Crippen molar-refractivity contribution in [1.29, 1.82) is 0 Å². The minimum absolute atomic E-state index is 0.961. The van der Waals surface area contributed by atoms with Gasteiger partial charge in [0.05, 0.1) is 5.52 Å². The normalized spacial score (nSPS) is 9.25. The van der Waals surface area contributed by atoms with Gasteiger partial charge in [-0.1, -0.05) is 102 Å². The van der Waals surface area contributed by atoms with Crippen LogP contribution in [0.5, 0.6) is 0 Å². The summed E-state index contributed by atoms with van der Waals surface area (Å²) in [5.41, 5.74) is 6.61. The van der Waals surface area contributed by atoms with Crippen molar-refractivity contribution in [2.75, 3.05) is 0 Å². The van der Waals surface area contributed by atoms with Crippen LogP contribution in [0.25, 0.3) is 27.9 Å². The van der Waals surface area contributed by atoms with Gasteiger partial charge in [-0.2, -0.15) is 9.73 Å². The molecule has 0 spiro atoms. The molecule has 0 radical (unpaired) electrons. The summed E-state index contributed by atoms with van der Waals surface area (Å²) in [4.78, 5) is 0. The zero-order valence-electron chi connectivity index (χ0n) is 18.3. The van der Waals surface area contributed by atoms with Gasteiger partial charge in [0.1, 0.15) is 5.69 Å². The predicted octanol–water partition coefficient (Wildman–Crippen LogP) is 7.45. The van der Waals surface area contributed by atoms with Crippen molar-refractivity contribution >= 4 is 5.52 Å². The van der Waals surface area contributed by atoms with Crippen molar-refractivity contribution in [2.45, 2.75) is 48.5 Å². The standard InChI is InChI=1S/C19H15N3.3C2H6/c1-14-9-11-15(12-10-14)18-17-8-5-13-20-22(17)21-19(18)16-6-3-2-4-7-16;3*1-2/h2-13H,1H3;3*1-2H3. The van der Waals surface area contributed by atoms with Gasteiger partial charge in [0.25, 0.3) is 0 Å². The molecule has 0 saturated carbocycles. The van der Waals surface area contributed by atoms with Crippen LogP contribution in [0.15, 0.2) is 72.9 Å². The molecule has 2 aromatic carbocycles. The fourth-order valence-electron chi connectivity index (χ4n) is 2.70. The van der Waals surface area contributed by atoms with Crippen LogP contribution in [0.4, 0.5) is 0 Å². The lowest BCUT2D eigenvalue weighted by molar-refractivity contribution is 0.803. The first kappa shape index (κ1) is 23.1. The maximum atomic E-state index is 4.69. The van der Waals surface area contributed by atoms with Crippen LogP contribution >= 0.6 is 0 Å².